The van der Waals surface area contributed by atoms with Crippen molar-refractivity contribution in [1.29, 1.82) is 0 Å². The van der Waals surface area contributed by atoms with Crippen molar-refractivity contribution in [1.82, 2.24) is 14.8 Å². The fourth-order valence-corrected chi connectivity index (χ4v) is 2.06. The molecule has 0 saturated heterocycles. The van der Waals surface area contributed by atoms with E-state index in [0.717, 1.165) is 4.47 Å². The number of hydrogen-bond acceptors (Lipinski definition) is 4. The van der Waals surface area contributed by atoms with Crippen LogP contribution in [0.3, 0.4) is 0 Å². The first kappa shape index (κ1) is 13.5. The Balaban J connectivity index is 2.54. The van der Waals surface area contributed by atoms with Gasteiger partial charge in [0.2, 0.25) is 0 Å². The fourth-order valence-electron chi connectivity index (χ4n) is 1.65. The molecule has 0 atom stereocenters. The van der Waals surface area contributed by atoms with Gasteiger partial charge in [0, 0.05) is 12.5 Å². The summed E-state index contributed by atoms with van der Waals surface area (Å²) in [5.41, 5.74) is 0.705. The van der Waals surface area contributed by atoms with Gasteiger partial charge in [0.15, 0.2) is 0 Å². The Hall–Kier alpha value is -1.89. The van der Waals surface area contributed by atoms with Crippen molar-refractivity contribution in [3.8, 4) is 11.4 Å². The molecule has 0 unspecified atom stereocenters. The summed E-state index contributed by atoms with van der Waals surface area (Å²) in [5.74, 6) is -0.120. The molecule has 6 nitrogen and oxygen atoms in total. The Labute approximate surface area is 118 Å². The lowest BCUT2D eigenvalue weighted by molar-refractivity contribution is 0.0683. The van der Waals surface area contributed by atoms with E-state index in [1.807, 2.05) is 19.1 Å². The fraction of sp³-hybridized carbons (Fsp3) is 0.250. The van der Waals surface area contributed by atoms with Gasteiger partial charge in [0.1, 0.15) is 11.6 Å². The number of ether oxygens (including phenoxy) is 1. The Morgan fingerprint density at radius 1 is 1.53 bits per heavy atom. The molecule has 2 rings (SSSR count). The van der Waals surface area contributed by atoms with Gasteiger partial charge in [-0.25, -0.2) is 14.5 Å². The normalized spacial score (nSPS) is 10.5. The number of nitrogens with zero attached hydrogens (tertiary/aromatic N) is 3. The maximum absolute atomic E-state index is 10.9. The van der Waals surface area contributed by atoms with Gasteiger partial charge < -0.3 is 9.84 Å². The quantitative estimate of drug-likeness (QED) is 0.933. The number of aryl methyl sites for hydroxylation is 1. The molecular weight excluding hydrogens is 314 g/mol. The highest BCUT2D eigenvalue weighted by atomic mass is 79.9. The molecular formula is C12H12BrN3O3. The number of carboxylic acid groups (broad SMARTS) is 1. The molecule has 100 valence electrons. The Bertz CT molecular complexity index is 625. The monoisotopic (exact) mass is 325 g/mol. The molecule has 0 bridgehead atoms. The molecule has 7 heteroatoms. The minimum absolute atomic E-state index is 0.210. The van der Waals surface area contributed by atoms with Crippen LogP contribution in [0, 0.1) is 0 Å². The van der Waals surface area contributed by atoms with E-state index in [9.17, 15) is 4.79 Å². The standard InChI is InChI=1S/C12H12BrN3O3/c1-3-10-14-11(12(17)18)15-16(10)7-4-5-8(13)9(6-7)19-2/h4-6H,3H2,1-2H3,(H,17,18). The Kier molecular flexibility index (Phi) is 3.84. The molecule has 1 aromatic heterocycles. The highest BCUT2D eigenvalue weighted by Crippen LogP contribution is 2.27. The zero-order valence-corrected chi connectivity index (χ0v) is 12.0. The topological polar surface area (TPSA) is 77.2 Å². The predicted molar refractivity (Wildman–Crippen MR) is 71.9 cm³/mol. The third-order valence-corrected chi connectivity index (χ3v) is 3.22. The number of hydrogen-bond donors (Lipinski definition) is 1. The maximum atomic E-state index is 10.9. The number of aromatic nitrogens is 3. The van der Waals surface area contributed by atoms with Crippen molar-refractivity contribution in [3.05, 3.63) is 34.3 Å². The van der Waals surface area contributed by atoms with Gasteiger partial charge in [0.25, 0.3) is 5.82 Å². The van der Waals surface area contributed by atoms with Crippen LogP contribution in [0.4, 0.5) is 0 Å². The van der Waals surface area contributed by atoms with Crippen LogP contribution >= 0.6 is 15.9 Å². The van der Waals surface area contributed by atoms with Gasteiger partial charge in [0.05, 0.1) is 17.3 Å². The summed E-state index contributed by atoms with van der Waals surface area (Å²) in [5, 5.41) is 12.9. The summed E-state index contributed by atoms with van der Waals surface area (Å²) >= 11 is 3.36. The average Bonchev–Trinajstić information content (AvgIpc) is 2.83. The molecule has 1 N–H and O–H groups in total. The van der Waals surface area contributed by atoms with Gasteiger partial charge >= 0.3 is 5.97 Å². The second kappa shape index (κ2) is 5.40. The van der Waals surface area contributed by atoms with E-state index in [1.54, 1.807) is 13.2 Å². The van der Waals surface area contributed by atoms with Gasteiger partial charge in [-0.05, 0) is 28.1 Å². The third-order valence-electron chi connectivity index (χ3n) is 2.56. The lowest BCUT2D eigenvalue weighted by Gasteiger charge is -2.08. The molecule has 0 aliphatic carbocycles. The molecule has 0 radical (unpaired) electrons. The van der Waals surface area contributed by atoms with Crippen molar-refractivity contribution < 1.29 is 14.6 Å². The molecule has 0 amide bonds. The van der Waals surface area contributed by atoms with Crippen LogP contribution in [0.25, 0.3) is 5.69 Å². The number of rotatable bonds is 4. The summed E-state index contributed by atoms with van der Waals surface area (Å²) in [6.07, 6.45) is 0.582. The molecule has 0 saturated carbocycles. The number of benzene rings is 1. The average molecular weight is 326 g/mol. The number of carboxylic acids is 1. The van der Waals surface area contributed by atoms with E-state index in [4.69, 9.17) is 9.84 Å². The van der Waals surface area contributed by atoms with E-state index in [-0.39, 0.29) is 5.82 Å². The van der Waals surface area contributed by atoms with Crippen molar-refractivity contribution in [2.24, 2.45) is 0 Å². The van der Waals surface area contributed by atoms with Crippen LogP contribution < -0.4 is 4.74 Å². The van der Waals surface area contributed by atoms with Gasteiger partial charge in [-0.3, -0.25) is 0 Å². The third kappa shape index (κ3) is 2.60. The van der Waals surface area contributed by atoms with Crippen LogP contribution in [-0.4, -0.2) is 33.0 Å². The second-order valence-corrected chi connectivity index (χ2v) is 4.60. The summed E-state index contributed by atoms with van der Waals surface area (Å²) in [6.45, 7) is 1.89. The second-order valence-electron chi connectivity index (χ2n) is 3.74. The lowest BCUT2D eigenvalue weighted by atomic mass is 10.3. The van der Waals surface area contributed by atoms with Gasteiger partial charge in [-0.15, -0.1) is 5.10 Å². The highest BCUT2D eigenvalue weighted by Gasteiger charge is 2.16. The van der Waals surface area contributed by atoms with Crippen molar-refractivity contribution in [2.75, 3.05) is 7.11 Å². The molecule has 0 aliphatic heterocycles. The molecule has 2 aromatic rings. The summed E-state index contributed by atoms with van der Waals surface area (Å²) in [4.78, 5) is 14.9. The van der Waals surface area contributed by atoms with Gasteiger partial charge in [-0.1, -0.05) is 6.92 Å². The van der Waals surface area contributed by atoms with E-state index >= 15 is 0 Å². The molecule has 1 aromatic carbocycles. The van der Waals surface area contributed by atoms with Crippen molar-refractivity contribution in [2.45, 2.75) is 13.3 Å². The molecule has 1 heterocycles. The van der Waals surface area contributed by atoms with Crippen LogP contribution in [0.1, 0.15) is 23.4 Å². The van der Waals surface area contributed by atoms with Crippen LogP contribution in [-0.2, 0) is 6.42 Å². The largest absolute Gasteiger partial charge is 0.495 e. The number of halogens is 1. The Morgan fingerprint density at radius 2 is 2.26 bits per heavy atom. The lowest BCUT2D eigenvalue weighted by Crippen LogP contribution is -2.03. The van der Waals surface area contributed by atoms with E-state index < -0.39 is 5.97 Å². The first-order valence-corrected chi connectivity index (χ1v) is 6.39. The minimum Gasteiger partial charge on any atom is -0.495 e. The molecule has 0 spiro atoms. The van der Waals surface area contributed by atoms with E-state index in [1.165, 1.54) is 4.68 Å². The maximum Gasteiger partial charge on any atom is 0.375 e. The first-order valence-electron chi connectivity index (χ1n) is 5.60. The smallest absolute Gasteiger partial charge is 0.375 e. The Morgan fingerprint density at radius 3 is 2.84 bits per heavy atom. The van der Waals surface area contributed by atoms with Crippen LogP contribution in [0.2, 0.25) is 0 Å². The molecule has 0 aliphatic rings. The number of aromatic carboxylic acids is 1. The minimum atomic E-state index is -1.14. The van der Waals surface area contributed by atoms with Gasteiger partial charge in [-0.2, -0.15) is 0 Å². The summed E-state index contributed by atoms with van der Waals surface area (Å²) in [6, 6.07) is 5.39. The predicted octanol–water partition coefficient (Wildman–Crippen LogP) is 2.30. The van der Waals surface area contributed by atoms with Crippen LogP contribution in [0.5, 0.6) is 5.75 Å². The SMILES string of the molecule is CCc1nc(C(=O)O)nn1-c1ccc(Br)c(OC)c1. The molecule has 0 fully saturated rings. The van der Waals surface area contributed by atoms with E-state index in [0.29, 0.717) is 23.7 Å². The van der Waals surface area contributed by atoms with Crippen molar-refractivity contribution >= 4 is 21.9 Å². The summed E-state index contributed by atoms with van der Waals surface area (Å²) < 4.78 is 7.54. The van der Waals surface area contributed by atoms with Crippen LogP contribution in [0.15, 0.2) is 22.7 Å². The highest BCUT2D eigenvalue weighted by molar-refractivity contribution is 9.10. The summed E-state index contributed by atoms with van der Waals surface area (Å²) in [7, 11) is 1.56. The number of methoxy groups -OCH3 is 1. The molecule has 19 heavy (non-hydrogen) atoms. The zero-order chi connectivity index (χ0) is 14.0. The van der Waals surface area contributed by atoms with Crippen molar-refractivity contribution in [3.63, 3.8) is 0 Å². The number of carbonyl (C=O) groups is 1. The van der Waals surface area contributed by atoms with E-state index in [2.05, 4.69) is 26.0 Å². The first-order chi connectivity index (χ1) is 9.06. The zero-order valence-electron chi connectivity index (χ0n) is 10.4.